The first-order valence-corrected chi connectivity index (χ1v) is 11.6. The highest BCUT2D eigenvalue weighted by molar-refractivity contribution is 6.00. The monoisotopic (exact) mass is 468 g/mol. The van der Waals surface area contributed by atoms with Gasteiger partial charge in [-0.25, -0.2) is 14.5 Å². The summed E-state index contributed by atoms with van der Waals surface area (Å²) in [6.07, 6.45) is 2.58. The molecule has 1 aliphatic heterocycles. The summed E-state index contributed by atoms with van der Waals surface area (Å²) in [7, 11) is 0. The fourth-order valence-electron chi connectivity index (χ4n) is 3.84. The molecule has 10 heteroatoms. The van der Waals surface area contributed by atoms with Gasteiger partial charge in [0.1, 0.15) is 18.5 Å². The Hall–Kier alpha value is -3.21. The van der Waals surface area contributed by atoms with E-state index >= 15 is 0 Å². The van der Waals surface area contributed by atoms with E-state index in [1.807, 2.05) is 48.9 Å². The lowest BCUT2D eigenvalue weighted by Gasteiger charge is -2.23. The molecule has 0 saturated carbocycles. The highest BCUT2D eigenvalue weighted by Crippen LogP contribution is 2.31. The molecule has 2 amide bonds. The number of hydrogen-bond donors (Lipinski definition) is 4. The number of aliphatic hydroxyl groups is 1. The van der Waals surface area contributed by atoms with Crippen molar-refractivity contribution in [2.45, 2.75) is 44.9 Å². The Balaban J connectivity index is 1.64. The van der Waals surface area contributed by atoms with Crippen LogP contribution in [0.1, 0.15) is 32.7 Å². The van der Waals surface area contributed by atoms with E-state index in [-0.39, 0.29) is 31.3 Å². The van der Waals surface area contributed by atoms with Crippen LogP contribution in [0.25, 0.3) is 22.3 Å². The summed E-state index contributed by atoms with van der Waals surface area (Å²) >= 11 is 0. The zero-order valence-electron chi connectivity index (χ0n) is 19.5. The van der Waals surface area contributed by atoms with Crippen molar-refractivity contribution >= 4 is 22.8 Å². The SMILES string of the molecule is CC(C)n1ncc2c(NC(=O)NC3CCOCC3)cc(-c3cccc(OCC(O)CN)c3)nc21. The van der Waals surface area contributed by atoms with Crippen LogP contribution in [0.15, 0.2) is 36.5 Å². The predicted molar refractivity (Wildman–Crippen MR) is 130 cm³/mol. The lowest BCUT2D eigenvalue weighted by Crippen LogP contribution is -2.41. The van der Waals surface area contributed by atoms with Crippen molar-refractivity contribution in [1.82, 2.24) is 20.1 Å². The first-order valence-electron chi connectivity index (χ1n) is 11.6. The minimum Gasteiger partial charge on any atom is -0.491 e. The van der Waals surface area contributed by atoms with E-state index in [0.29, 0.717) is 36.0 Å². The number of nitrogens with one attached hydrogen (secondary N) is 2. The summed E-state index contributed by atoms with van der Waals surface area (Å²) in [6, 6.07) is 9.18. The normalized spacial score (nSPS) is 15.4. The molecule has 34 heavy (non-hydrogen) atoms. The summed E-state index contributed by atoms with van der Waals surface area (Å²) in [6.45, 7) is 5.59. The molecule has 5 N–H and O–H groups in total. The second-order valence-corrected chi connectivity index (χ2v) is 8.69. The summed E-state index contributed by atoms with van der Waals surface area (Å²) in [5.41, 5.74) is 8.24. The Morgan fingerprint density at radius 3 is 2.85 bits per heavy atom. The molecule has 182 valence electrons. The third-order valence-electron chi connectivity index (χ3n) is 5.70. The van der Waals surface area contributed by atoms with Crippen molar-refractivity contribution in [2.24, 2.45) is 5.73 Å². The maximum atomic E-state index is 12.8. The van der Waals surface area contributed by atoms with Crippen LogP contribution in [0.5, 0.6) is 5.75 Å². The fraction of sp³-hybridized carbons (Fsp3) is 0.458. The maximum absolute atomic E-state index is 12.8. The number of rotatable bonds is 8. The second-order valence-electron chi connectivity index (χ2n) is 8.69. The zero-order valence-corrected chi connectivity index (χ0v) is 19.5. The number of urea groups is 1. The van der Waals surface area contributed by atoms with Crippen LogP contribution in [0.4, 0.5) is 10.5 Å². The molecule has 1 atom stereocenters. The van der Waals surface area contributed by atoms with Crippen LogP contribution in [-0.2, 0) is 4.74 Å². The molecule has 1 unspecified atom stereocenters. The molecule has 3 aromatic rings. The smallest absolute Gasteiger partial charge is 0.319 e. The Morgan fingerprint density at radius 1 is 1.32 bits per heavy atom. The van der Waals surface area contributed by atoms with Gasteiger partial charge >= 0.3 is 6.03 Å². The molecule has 1 aliphatic rings. The molecular formula is C24H32N6O4. The average Bonchev–Trinajstić information content (AvgIpc) is 3.28. The Bertz CT molecular complexity index is 1130. The standard InChI is InChI=1S/C24H32N6O4/c1-15(2)30-23-20(13-26-30)22(29-24(32)27-17-6-8-33-9-7-17)11-21(28-23)16-4-3-5-19(10-16)34-14-18(31)12-25/h3-5,10-11,13,15,17-18,31H,6-9,12,14,25H2,1-2H3,(H2,27,28,29,32). The van der Waals surface area contributed by atoms with Gasteiger partial charge in [0.25, 0.3) is 0 Å². The number of fused-ring (bicyclic) bond motifs is 1. The molecule has 3 heterocycles. The number of ether oxygens (including phenoxy) is 2. The van der Waals surface area contributed by atoms with Gasteiger partial charge in [0.2, 0.25) is 0 Å². The van der Waals surface area contributed by atoms with Crippen molar-refractivity contribution in [2.75, 3.05) is 31.7 Å². The van der Waals surface area contributed by atoms with Gasteiger partial charge in [-0.2, -0.15) is 5.10 Å². The number of carbonyl (C=O) groups excluding carboxylic acids is 1. The molecule has 0 bridgehead atoms. The van der Waals surface area contributed by atoms with Crippen molar-refractivity contribution < 1.29 is 19.4 Å². The first-order chi connectivity index (χ1) is 16.4. The molecule has 0 aliphatic carbocycles. The molecule has 0 radical (unpaired) electrons. The molecule has 1 fully saturated rings. The largest absolute Gasteiger partial charge is 0.491 e. The van der Waals surface area contributed by atoms with E-state index < -0.39 is 6.10 Å². The van der Waals surface area contributed by atoms with Gasteiger partial charge < -0.3 is 30.9 Å². The van der Waals surface area contributed by atoms with Gasteiger partial charge in [-0.15, -0.1) is 0 Å². The number of nitrogens with zero attached hydrogens (tertiary/aromatic N) is 3. The van der Waals surface area contributed by atoms with E-state index in [4.69, 9.17) is 20.2 Å². The van der Waals surface area contributed by atoms with Gasteiger partial charge in [-0.05, 0) is 44.9 Å². The van der Waals surface area contributed by atoms with Crippen LogP contribution < -0.4 is 21.1 Å². The Morgan fingerprint density at radius 2 is 2.12 bits per heavy atom. The number of aromatic nitrogens is 3. The lowest BCUT2D eigenvalue weighted by atomic mass is 10.1. The quantitative estimate of drug-likeness (QED) is 0.399. The van der Waals surface area contributed by atoms with Gasteiger partial charge in [-0.1, -0.05) is 12.1 Å². The molecule has 1 aromatic carbocycles. The highest BCUT2D eigenvalue weighted by Gasteiger charge is 2.19. The van der Waals surface area contributed by atoms with Crippen LogP contribution in [0.2, 0.25) is 0 Å². The van der Waals surface area contributed by atoms with Crippen molar-refractivity contribution in [3.8, 4) is 17.0 Å². The summed E-state index contributed by atoms with van der Waals surface area (Å²) < 4.78 is 12.9. The van der Waals surface area contributed by atoms with Gasteiger partial charge in [0, 0.05) is 37.4 Å². The van der Waals surface area contributed by atoms with Crippen molar-refractivity contribution in [1.29, 1.82) is 0 Å². The third-order valence-corrected chi connectivity index (χ3v) is 5.70. The van der Waals surface area contributed by atoms with Crippen molar-refractivity contribution in [3.63, 3.8) is 0 Å². The van der Waals surface area contributed by atoms with E-state index in [1.54, 1.807) is 6.20 Å². The van der Waals surface area contributed by atoms with E-state index in [2.05, 4.69) is 15.7 Å². The topological polar surface area (TPSA) is 137 Å². The minimum atomic E-state index is -0.733. The molecule has 0 spiro atoms. The number of pyridine rings is 1. The van der Waals surface area contributed by atoms with Crippen LogP contribution in [0, 0.1) is 0 Å². The number of nitrogens with two attached hydrogens (primary N) is 1. The minimum absolute atomic E-state index is 0.0848. The molecule has 1 saturated heterocycles. The number of hydrogen-bond acceptors (Lipinski definition) is 7. The number of aliphatic hydroxyl groups excluding tert-OH is 1. The van der Waals surface area contributed by atoms with E-state index in [0.717, 1.165) is 23.8 Å². The molecular weight excluding hydrogens is 436 g/mol. The number of benzene rings is 1. The van der Waals surface area contributed by atoms with Gasteiger partial charge in [-0.3, -0.25) is 0 Å². The van der Waals surface area contributed by atoms with E-state index in [1.165, 1.54) is 0 Å². The first kappa shape index (κ1) is 23.9. The Labute approximate surface area is 198 Å². The fourth-order valence-corrected chi connectivity index (χ4v) is 3.84. The highest BCUT2D eigenvalue weighted by atomic mass is 16.5. The maximum Gasteiger partial charge on any atom is 0.319 e. The number of amides is 2. The summed E-state index contributed by atoms with van der Waals surface area (Å²) in [5, 5.41) is 21.0. The Kier molecular flexibility index (Phi) is 7.61. The summed E-state index contributed by atoms with van der Waals surface area (Å²) in [4.78, 5) is 17.6. The average molecular weight is 469 g/mol. The number of carbonyl (C=O) groups is 1. The van der Waals surface area contributed by atoms with Crippen molar-refractivity contribution in [3.05, 3.63) is 36.5 Å². The third kappa shape index (κ3) is 5.64. The lowest BCUT2D eigenvalue weighted by molar-refractivity contribution is 0.0806. The predicted octanol–water partition coefficient (Wildman–Crippen LogP) is 2.68. The molecule has 10 nitrogen and oxygen atoms in total. The summed E-state index contributed by atoms with van der Waals surface area (Å²) in [5.74, 6) is 0.594. The van der Waals surface area contributed by atoms with Gasteiger partial charge in [0.05, 0.1) is 23.0 Å². The molecule has 2 aromatic heterocycles. The molecule has 4 rings (SSSR count). The van der Waals surface area contributed by atoms with Crippen LogP contribution >= 0.6 is 0 Å². The van der Waals surface area contributed by atoms with Crippen LogP contribution in [0.3, 0.4) is 0 Å². The van der Waals surface area contributed by atoms with Crippen LogP contribution in [-0.4, -0.2) is 64.4 Å². The second kappa shape index (κ2) is 10.8. The number of anilines is 1. The van der Waals surface area contributed by atoms with E-state index in [9.17, 15) is 9.90 Å². The van der Waals surface area contributed by atoms with Gasteiger partial charge in [0.15, 0.2) is 5.65 Å². The zero-order chi connectivity index (χ0) is 24.1.